The molecule has 0 saturated carbocycles. The molecule has 0 spiro atoms. The summed E-state index contributed by atoms with van der Waals surface area (Å²) < 4.78 is 14.7. The van der Waals surface area contributed by atoms with Gasteiger partial charge in [-0.25, -0.2) is 19.3 Å². The number of alkyl halides is 1. The zero-order chi connectivity index (χ0) is 25.6. The third-order valence-corrected chi connectivity index (χ3v) is 7.35. The summed E-state index contributed by atoms with van der Waals surface area (Å²) in [4.78, 5) is 22.2. The Labute approximate surface area is 210 Å². The number of nitrogens with one attached hydrogen (secondary N) is 1. The minimum Gasteiger partial charge on any atom is -0.391 e. The number of fused-ring (bicyclic) bond motifs is 1. The molecular formula is C26H34FN7O2. The summed E-state index contributed by atoms with van der Waals surface area (Å²) in [6.45, 7) is 8.86. The van der Waals surface area contributed by atoms with E-state index in [0.29, 0.717) is 30.5 Å². The van der Waals surface area contributed by atoms with Crippen molar-refractivity contribution >= 4 is 34.2 Å². The van der Waals surface area contributed by atoms with E-state index < -0.39 is 17.9 Å². The van der Waals surface area contributed by atoms with Crippen LogP contribution in [-0.4, -0.2) is 73.7 Å². The molecule has 36 heavy (non-hydrogen) atoms. The standard InChI is InChI=1S/C26H34FN7O2/c1-15(2)18-12-30-24(34-10-6-20(34)16(3)35)19-13-29-23(11-17(18)19)31-22-5-8-28-25(32-22)33-9-7-21(36)26(4,27)14-33/h5,8,11-13,15-16,20-21,35-36H,6-7,9-10,14H2,1-4H3,(H,28,29,31,32)/t16-,20-,21+,26-/m0/s1. The molecule has 192 valence electrons. The Bertz CT molecular complexity index is 1250. The van der Waals surface area contributed by atoms with Crippen LogP contribution in [0.25, 0.3) is 10.8 Å². The van der Waals surface area contributed by atoms with Crippen LogP contribution >= 0.6 is 0 Å². The molecule has 4 atom stereocenters. The van der Waals surface area contributed by atoms with Gasteiger partial charge in [0.05, 0.1) is 24.8 Å². The maximum absolute atomic E-state index is 14.7. The quantitative estimate of drug-likeness (QED) is 0.473. The van der Waals surface area contributed by atoms with Crippen molar-refractivity contribution in [1.82, 2.24) is 19.9 Å². The van der Waals surface area contributed by atoms with E-state index in [1.54, 1.807) is 17.2 Å². The Kier molecular flexibility index (Phi) is 6.42. The smallest absolute Gasteiger partial charge is 0.227 e. The number of anilines is 4. The molecule has 3 aromatic heterocycles. The van der Waals surface area contributed by atoms with E-state index in [0.717, 1.165) is 35.1 Å². The Morgan fingerprint density at radius 2 is 1.89 bits per heavy atom. The maximum atomic E-state index is 14.7. The van der Waals surface area contributed by atoms with Gasteiger partial charge in [-0.15, -0.1) is 0 Å². The summed E-state index contributed by atoms with van der Waals surface area (Å²) in [7, 11) is 0. The Morgan fingerprint density at radius 1 is 1.08 bits per heavy atom. The molecule has 0 amide bonds. The van der Waals surface area contributed by atoms with Crippen molar-refractivity contribution in [2.45, 2.75) is 70.4 Å². The van der Waals surface area contributed by atoms with Crippen molar-refractivity contribution in [3.63, 3.8) is 0 Å². The molecule has 0 aliphatic carbocycles. The first-order valence-corrected chi connectivity index (χ1v) is 12.6. The Hall–Kier alpha value is -3.11. The van der Waals surface area contributed by atoms with Gasteiger partial charge >= 0.3 is 0 Å². The molecule has 2 aliphatic rings. The monoisotopic (exact) mass is 495 g/mol. The van der Waals surface area contributed by atoms with Crippen LogP contribution in [0.5, 0.6) is 0 Å². The van der Waals surface area contributed by atoms with E-state index in [1.807, 2.05) is 25.4 Å². The summed E-state index contributed by atoms with van der Waals surface area (Å²) >= 11 is 0. The van der Waals surface area contributed by atoms with Crippen LogP contribution in [0.4, 0.5) is 27.8 Å². The molecule has 9 nitrogen and oxygen atoms in total. The summed E-state index contributed by atoms with van der Waals surface area (Å²) in [5.74, 6) is 2.70. The highest BCUT2D eigenvalue weighted by atomic mass is 19.1. The van der Waals surface area contributed by atoms with Crippen LogP contribution in [0.15, 0.2) is 30.7 Å². The molecule has 0 unspecified atom stereocenters. The summed E-state index contributed by atoms with van der Waals surface area (Å²) in [6.07, 6.45) is 5.22. The highest BCUT2D eigenvalue weighted by Gasteiger charge is 2.40. The summed E-state index contributed by atoms with van der Waals surface area (Å²) in [5.41, 5.74) is -0.599. The number of aliphatic hydroxyl groups excluding tert-OH is 2. The number of piperidine rings is 1. The average molecular weight is 496 g/mol. The minimum atomic E-state index is -1.72. The van der Waals surface area contributed by atoms with Gasteiger partial charge < -0.3 is 25.3 Å². The van der Waals surface area contributed by atoms with E-state index in [9.17, 15) is 14.6 Å². The highest BCUT2D eigenvalue weighted by Crippen LogP contribution is 2.36. The molecule has 3 aromatic rings. The van der Waals surface area contributed by atoms with Crippen molar-refractivity contribution in [2.75, 3.05) is 34.8 Å². The number of rotatable bonds is 6. The Morgan fingerprint density at radius 3 is 2.56 bits per heavy atom. The lowest BCUT2D eigenvalue weighted by Crippen LogP contribution is -2.54. The van der Waals surface area contributed by atoms with Crippen LogP contribution in [0.1, 0.15) is 52.0 Å². The maximum Gasteiger partial charge on any atom is 0.227 e. The average Bonchev–Trinajstić information content (AvgIpc) is 2.79. The minimum absolute atomic E-state index is 0.0311. The first-order chi connectivity index (χ1) is 17.1. The van der Waals surface area contributed by atoms with E-state index in [-0.39, 0.29) is 18.5 Å². The van der Waals surface area contributed by atoms with Gasteiger partial charge in [0, 0.05) is 37.1 Å². The number of nitrogens with zero attached hydrogens (tertiary/aromatic N) is 6. The molecule has 3 N–H and O–H groups in total. The molecule has 2 saturated heterocycles. The fraction of sp³-hybridized carbons (Fsp3) is 0.538. The molecule has 0 bridgehead atoms. The van der Waals surface area contributed by atoms with Gasteiger partial charge in [-0.05, 0) is 55.7 Å². The second-order valence-corrected chi connectivity index (χ2v) is 10.5. The lowest BCUT2D eigenvalue weighted by atomic mass is 9.94. The number of hydrogen-bond donors (Lipinski definition) is 3. The van der Waals surface area contributed by atoms with Crippen molar-refractivity contribution in [3.8, 4) is 0 Å². The molecule has 5 heterocycles. The van der Waals surface area contributed by atoms with Crippen LogP contribution in [-0.2, 0) is 0 Å². The van der Waals surface area contributed by atoms with Crippen molar-refractivity contribution in [2.24, 2.45) is 0 Å². The van der Waals surface area contributed by atoms with Crippen LogP contribution < -0.4 is 15.1 Å². The summed E-state index contributed by atoms with van der Waals surface area (Å²) in [5, 5.41) is 25.3. The molecule has 0 aromatic carbocycles. The first kappa shape index (κ1) is 24.6. The second-order valence-electron chi connectivity index (χ2n) is 10.5. The summed E-state index contributed by atoms with van der Waals surface area (Å²) in [6, 6.07) is 3.81. The number of aromatic nitrogens is 4. The van der Waals surface area contributed by atoms with Gasteiger partial charge in [-0.1, -0.05) is 13.8 Å². The fourth-order valence-electron chi connectivity index (χ4n) is 5.08. The second kappa shape index (κ2) is 9.40. The number of halogens is 1. The lowest BCUT2D eigenvalue weighted by molar-refractivity contribution is -0.00860. The zero-order valence-corrected chi connectivity index (χ0v) is 21.2. The van der Waals surface area contributed by atoms with Crippen LogP contribution in [0, 0.1) is 0 Å². The van der Waals surface area contributed by atoms with E-state index in [4.69, 9.17) is 4.98 Å². The van der Waals surface area contributed by atoms with Gasteiger partial charge in [-0.2, -0.15) is 4.98 Å². The Balaban J connectivity index is 1.44. The highest BCUT2D eigenvalue weighted by molar-refractivity contribution is 5.96. The van der Waals surface area contributed by atoms with Crippen LogP contribution in [0.2, 0.25) is 0 Å². The van der Waals surface area contributed by atoms with Gasteiger partial charge in [0.25, 0.3) is 0 Å². The number of aliphatic hydroxyl groups is 2. The first-order valence-electron chi connectivity index (χ1n) is 12.6. The topological polar surface area (TPSA) is 111 Å². The molecule has 2 fully saturated rings. The van der Waals surface area contributed by atoms with Gasteiger partial charge in [0.2, 0.25) is 5.95 Å². The van der Waals surface area contributed by atoms with Crippen molar-refractivity contribution in [3.05, 3.63) is 36.3 Å². The lowest BCUT2D eigenvalue weighted by Gasteiger charge is -2.44. The van der Waals surface area contributed by atoms with Crippen molar-refractivity contribution < 1.29 is 14.6 Å². The van der Waals surface area contributed by atoms with E-state index in [1.165, 1.54) is 6.92 Å². The predicted octanol–water partition coefficient (Wildman–Crippen LogP) is 3.55. The molecule has 0 radical (unpaired) electrons. The molecular weight excluding hydrogens is 461 g/mol. The van der Waals surface area contributed by atoms with Crippen LogP contribution in [0.3, 0.4) is 0 Å². The third kappa shape index (κ3) is 4.55. The predicted molar refractivity (Wildman–Crippen MR) is 139 cm³/mol. The normalized spacial score (nSPS) is 25.2. The van der Waals surface area contributed by atoms with Gasteiger partial charge in [-0.3, -0.25) is 0 Å². The van der Waals surface area contributed by atoms with E-state index in [2.05, 4.69) is 39.0 Å². The number of pyridine rings is 2. The largest absolute Gasteiger partial charge is 0.391 e. The molecule has 5 rings (SSSR count). The molecule has 10 heteroatoms. The third-order valence-electron chi connectivity index (χ3n) is 7.35. The van der Waals surface area contributed by atoms with E-state index >= 15 is 0 Å². The zero-order valence-electron chi connectivity index (χ0n) is 21.2. The van der Waals surface area contributed by atoms with Gasteiger partial charge in [0.15, 0.2) is 5.67 Å². The van der Waals surface area contributed by atoms with Gasteiger partial charge in [0.1, 0.15) is 17.5 Å². The fourth-order valence-corrected chi connectivity index (χ4v) is 5.08. The SMILES string of the molecule is CC(C)c1cnc(N2CC[C@H]2[C@H](C)O)c2cnc(Nc3ccnc(N4CC[C@@H](O)[C@@](C)(F)C4)n3)cc12. The van der Waals surface area contributed by atoms with Crippen molar-refractivity contribution in [1.29, 1.82) is 0 Å². The number of hydrogen-bond acceptors (Lipinski definition) is 9. The molecule has 2 aliphatic heterocycles.